The Hall–Kier alpha value is -1.76. The lowest BCUT2D eigenvalue weighted by molar-refractivity contribution is -0.256. The van der Waals surface area contributed by atoms with E-state index in [1.165, 1.54) is 5.06 Å². The van der Waals surface area contributed by atoms with Gasteiger partial charge in [-0.3, -0.25) is 14.4 Å². The van der Waals surface area contributed by atoms with Gasteiger partial charge in [-0.15, -0.1) is 0 Å². The third kappa shape index (κ3) is 3.93. The van der Waals surface area contributed by atoms with Crippen LogP contribution in [0.5, 0.6) is 0 Å². The van der Waals surface area contributed by atoms with Gasteiger partial charge in [0.1, 0.15) is 18.2 Å². The van der Waals surface area contributed by atoms with E-state index in [9.17, 15) is 9.59 Å². The molecule has 0 radical (unpaired) electrons. The van der Waals surface area contributed by atoms with E-state index in [-0.39, 0.29) is 16.7 Å². The van der Waals surface area contributed by atoms with Crippen molar-refractivity contribution < 1.29 is 18.9 Å². The number of carbonyl (C=O) groups is 2. The lowest BCUT2D eigenvalue weighted by Crippen LogP contribution is -2.65. The van der Waals surface area contributed by atoms with Gasteiger partial charge in [0.15, 0.2) is 14.1 Å². The van der Waals surface area contributed by atoms with Gasteiger partial charge in [0.2, 0.25) is 5.91 Å². The van der Waals surface area contributed by atoms with Crippen LogP contribution in [0.1, 0.15) is 39.2 Å². The minimum atomic E-state index is -2.09. The number of hydrogen-bond acceptors (Lipinski definition) is 4. The number of β-lactam (4-membered cyclic amide) rings is 1. The first-order chi connectivity index (χ1) is 12.5. The van der Waals surface area contributed by atoms with Crippen molar-refractivity contribution in [2.75, 3.05) is 0 Å². The molecule has 0 saturated carbocycles. The number of amides is 1. The number of hydroxylamine groups is 2. The van der Waals surface area contributed by atoms with E-state index in [0.717, 1.165) is 5.56 Å². The maximum atomic E-state index is 12.5. The Kier molecular flexibility index (Phi) is 5.18. The quantitative estimate of drug-likeness (QED) is 0.566. The summed E-state index contributed by atoms with van der Waals surface area (Å²) in [6.07, 6.45) is 3.66. The summed E-state index contributed by atoms with van der Waals surface area (Å²) in [4.78, 5) is 30.5. The van der Waals surface area contributed by atoms with Crippen LogP contribution < -0.4 is 0 Å². The monoisotopic (exact) mass is 387 g/mol. The molecule has 1 saturated heterocycles. The Morgan fingerprint density at radius 1 is 1.19 bits per heavy atom. The summed E-state index contributed by atoms with van der Waals surface area (Å²) in [5, 5.41) is 1.45. The molecule has 146 valence electrons. The van der Waals surface area contributed by atoms with E-state index in [4.69, 9.17) is 9.26 Å². The smallest absolute Gasteiger partial charge is 0.249 e. The number of nitrogens with zero attached hydrogens (tertiary/aromatic N) is 1. The van der Waals surface area contributed by atoms with E-state index >= 15 is 0 Å². The summed E-state index contributed by atoms with van der Waals surface area (Å²) >= 11 is 0. The minimum Gasteiger partial charge on any atom is -0.406 e. The predicted octanol–water partition coefficient (Wildman–Crippen LogP) is 4.01. The Balaban J connectivity index is 1.72. The van der Waals surface area contributed by atoms with E-state index < -0.39 is 20.0 Å². The van der Waals surface area contributed by atoms with Crippen LogP contribution in [0.2, 0.25) is 18.1 Å². The first-order valence-electron chi connectivity index (χ1n) is 9.45. The van der Waals surface area contributed by atoms with Gasteiger partial charge in [-0.1, -0.05) is 57.2 Å². The maximum absolute atomic E-state index is 12.5. The zero-order valence-corrected chi connectivity index (χ0v) is 17.8. The Labute approximate surface area is 162 Å². The highest BCUT2D eigenvalue weighted by atomic mass is 28.4. The highest BCUT2D eigenvalue weighted by Crippen LogP contribution is 2.44. The molecule has 1 aliphatic heterocycles. The van der Waals surface area contributed by atoms with Gasteiger partial charge in [0.25, 0.3) is 0 Å². The van der Waals surface area contributed by atoms with Crippen LogP contribution in [0.15, 0.2) is 42.5 Å². The molecule has 2 atom stereocenters. The number of benzene rings is 1. The summed E-state index contributed by atoms with van der Waals surface area (Å²) in [6.45, 7) is 11.1. The largest absolute Gasteiger partial charge is 0.406 e. The Bertz CT molecular complexity index is 753. The number of carbonyl (C=O) groups excluding carboxylic acids is 2. The first-order valence-corrected chi connectivity index (χ1v) is 12.4. The molecule has 0 bridgehead atoms. The van der Waals surface area contributed by atoms with Crippen LogP contribution in [0.25, 0.3) is 0 Å². The molecular formula is C21H29NO4Si. The molecule has 1 heterocycles. The van der Waals surface area contributed by atoms with Gasteiger partial charge in [-0.25, -0.2) is 5.06 Å². The Morgan fingerprint density at radius 2 is 1.85 bits per heavy atom. The van der Waals surface area contributed by atoms with Crippen molar-refractivity contribution in [2.45, 2.75) is 70.0 Å². The lowest BCUT2D eigenvalue weighted by Gasteiger charge is -2.52. The van der Waals surface area contributed by atoms with Crippen LogP contribution in [-0.4, -0.2) is 36.7 Å². The molecule has 3 rings (SSSR count). The predicted molar refractivity (Wildman–Crippen MR) is 106 cm³/mol. The van der Waals surface area contributed by atoms with E-state index in [1.807, 2.05) is 36.4 Å². The zero-order valence-electron chi connectivity index (χ0n) is 16.8. The molecule has 1 aromatic rings. The molecule has 0 N–H and O–H groups in total. The maximum Gasteiger partial charge on any atom is 0.249 e. The van der Waals surface area contributed by atoms with Gasteiger partial charge >= 0.3 is 0 Å². The molecule has 5 nitrogen and oxygen atoms in total. The van der Waals surface area contributed by atoms with Crippen molar-refractivity contribution in [1.29, 1.82) is 0 Å². The standard InChI is InChI=1S/C21H29NO4Si/c1-20(2,3)27(4,5)26-18-13-21(12-11-17(18)23)14-19(24)22(21)25-15-16-9-7-6-8-10-16/h6-12,18H,13-15H2,1-5H3. The SMILES string of the molecule is CC(C)(C)[Si](C)(C)OC1CC2(C=CC1=O)CC(=O)N2OCc1ccccc1. The van der Waals surface area contributed by atoms with Crippen LogP contribution in [0.3, 0.4) is 0 Å². The molecule has 6 heteroatoms. The van der Waals surface area contributed by atoms with Crippen molar-refractivity contribution in [1.82, 2.24) is 5.06 Å². The summed E-state index contributed by atoms with van der Waals surface area (Å²) in [6, 6.07) is 9.74. The van der Waals surface area contributed by atoms with Crippen molar-refractivity contribution >= 4 is 20.0 Å². The molecule has 2 unspecified atom stereocenters. The normalized spacial score (nSPS) is 25.8. The fraction of sp³-hybridized carbons (Fsp3) is 0.524. The molecule has 0 aromatic heterocycles. The fourth-order valence-corrected chi connectivity index (χ4v) is 4.49. The van der Waals surface area contributed by atoms with Gasteiger partial charge in [0, 0.05) is 6.42 Å². The summed E-state index contributed by atoms with van der Waals surface area (Å²) in [5.74, 6) is -0.0798. The van der Waals surface area contributed by atoms with Crippen molar-refractivity contribution in [2.24, 2.45) is 0 Å². The third-order valence-electron chi connectivity index (χ3n) is 5.95. The van der Waals surface area contributed by atoms with Crippen molar-refractivity contribution in [3.8, 4) is 0 Å². The van der Waals surface area contributed by atoms with Crippen LogP contribution >= 0.6 is 0 Å². The van der Waals surface area contributed by atoms with Crippen molar-refractivity contribution in [3.05, 3.63) is 48.0 Å². The summed E-state index contributed by atoms with van der Waals surface area (Å²) in [5.41, 5.74) is 0.421. The Morgan fingerprint density at radius 3 is 2.44 bits per heavy atom. The fourth-order valence-electron chi connectivity index (χ4n) is 3.22. The molecule has 27 heavy (non-hydrogen) atoms. The molecule has 1 aliphatic carbocycles. The van der Waals surface area contributed by atoms with Crippen molar-refractivity contribution in [3.63, 3.8) is 0 Å². The number of rotatable bonds is 5. The zero-order chi connectivity index (χ0) is 19.9. The average Bonchev–Trinajstić information content (AvgIpc) is 2.57. The van der Waals surface area contributed by atoms with E-state index in [0.29, 0.717) is 19.4 Å². The highest BCUT2D eigenvalue weighted by Gasteiger charge is 2.55. The summed E-state index contributed by atoms with van der Waals surface area (Å²) in [7, 11) is -2.09. The van der Waals surface area contributed by atoms with Crippen LogP contribution in [0, 0.1) is 0 Å². The van der Waals surface area contributed by atoms with Crippen LogP contribution in [0.4, 0.5) is 0 Å². The number of hydrogen-bond donors (Lipinski definition) is 0. The minimum absolute atomic E-state index is 0.0144. The highest BCUT2D eigenvalue weighted by molar-refractivity contribution is 6.74. The van der Waals surface area contributed by atoms with Gasteiger partial charge in [-0.05, 0) is 29.8 Å². The molecule has 1 fully saturated rings. The second-order valence-electron chi connectivity index (χ2n) is 9.03. The average molecular weight is 388 g/mol. The van der Waals surface area contributed by atoms with Gasteiger partial charge in [0.05, 0.1) is 6.42 Å². The molecule has 1 amide bonds. The van der Waals surface area contributed by atoms with E-state index in [1.54, 1.807) is 6.08 Å². The van der Waals surface area contributed by atoms with Gasteiger partial charge in [-0.2, -0.15) is 0 Å². The molecule has 1 spiro atoms. The second kappa shape index (κ2) is 7.00. The number of ketones is 1. The molecular weight excluding hydrogens is 358 g/mol. The molecule has 2 aliphatic rings. The summed E-state index contributed by atoms with van der Waals surface area (Å²) < 4.78 is 6.38. The first kappa shape index (κ1) is 20.0. The van der Waals surface area contributed by atoms with Crippen LogP contribution in [-0.2, 0) is 25.5 Å². The van der Waals surface area contributed by atoms with E-state index in [2.05, 4.69) is 33.9 Å². The lowest BCUT2D eigenvalue weighted by atomic mass is 9.77. The second-order valence-corrected chi connectivity index (χ2v) is 13.8. The topological polar surface area (TPSA) is 55.8 Å². The third-order valence-corrected chi connectivity index (χ3v) is 10.4. The molecule has 1 aromatic carbocycles. The van der Waals surface area contributed by atoms with Gasteiger partial charge < -0.3 is 4.43 Å².